The molecule has 0 spiro atoms. The Bertz CT molecular complexity index is 1120. The van der Waals surface area contributed by atoms with Crippen LogP contribution in [-0.2, 0) is 13.6 Å². The summed E-state index contributed by atoms with van der Waals surface area (Å²) in [6, 6.07) is 6.91. The van der Waals surface area contributed by atoms with Gasteiger partial charge in [0, 0.05) is 13.6 Å². The van der Waals surface area contributed by atoms with E-state index in [0.717, 1.165) is 0 Å². The van der Waals surface area contributed by atoms with Gasteiger partial charge in [-0.05, 0) is 31.2 Å². The molecule has 3 aromatic rings. The van der Waals surface area contributed by atoms with Crippen molar-refractivity contribution in [3.05, 3.63) is 45.1 Å². The quantitative estimate of drug-likeness (QED) is 0.369. The summed E-state index contributed by atoms with van der Waals surface area (Å²) in [7, 11) is 3.05. The summed E-state index contributed by atoms with van der Waals surface area (Å²) in [5, 5.41) is 23.0. The molecule has 0 radical (unpaired) electrons. The molecular formula is C19H25N5O6. The molecular weight excluding hydrogens is 394 g/mol. The van der Waals surface area contributed by atoms with Crippen LogP contribution in [0.15, 0.2) is 33.9 Å². The van der Waals surface area contributed by atoms with E-state index in [0.29, 0.717) is 11.5 Å². The summed E-state index contributed by atoms with van der Waals surface area (Å²) in [6.07, 6.45) is -1.64. The number of nitrogens with zero attached hydrogens (tertiary/aromatic N) is 3. The van der Waals surface area contributed by atoms with Crippen molar-refractivity contribution in [3.8, 4) is 11.5 Å². The van der Waals surface area contributed by atoms with Crippen molar-refractivity contribution in [2.24, 2.45) is 7.05 Å². The van der Waals surface area contributed by atoms with Crippen molar-refractivity contribution in [3.63, 3.8) is 0 Å². The zero-order valence-corrected chi connectivity index (χ0v) is 17.0. The fraction of sp³-hybridized carbons (Fsp3) is 0.421. The van der Waals surface area contributed by atoms with Crippen molar-refractivity contribution in [1.82, 2.24) is 19.1 Å². The number of ether oxygens (including phenoxy) is 2. The molecule has 0 fully saturated rings. The largest absolute Gasteiger partial charge is 0.497 e. The highest BCUT2D eigenvalue weighted by molar-refractivity contribution is 5.74. The lowest BCUT2D eigenvalue weighted by atomic mass is 10.3. The molecule has 3 rings (SSSR count). The number of aromatic amines is 1. The maximum atomic E-state index is 12.4. The minimum absolute atomic E-state index is 0.0178. The molecule has 30 heavy (non-hydrogen) atoms. The topological polar surface area (TPSA) is 144 Å². The van der Waals surface area contributed by atoms with Crippen molar-refractivity contribution in [1.29, 1.82) is 0 Å². The maximum absolute atomic E-state index is 12.4. The van der Waals surface area contributed by atoms with Gasteiger partial charge in [-0.25, -0.2) is 4.79 Å². The Labute approximate surface area is 171 Å². The number of fused-ring (bicyclic) bond motifs is 1. The first kappa shape index (κ1) is 21.4. The van der Waals surface area contributed by atoms with E-state index in [1.807, 2.05) is 0 Å². The molecule has 0 aliphatic heterocycles. The number of hydrogen-bond acceptors (Lipinski definition) is 8. The van der Waals surface area contributed by atoms with E-state index in [2.05, 4.69) is 15.3 Å². The number of H-pyrrole nitrogens is 1. The van der Waals surface area contributed by atoms with Crippen LogP contribution in [0.25, 0.3) is 11.2 Å². The molecule has 1 aromatic carbocycles. The molecule has 11 heteroatoms. The number of methoxy groups -OCH3 is 1. The molecule has 0 amide bonds. The monoisotopic (exact) mass is 419 g/mol. The highest BCUT2D eigenvalue weighted by Gasteiger charge is 2.20. The smallest absolute Gasteiger partial charge is 0.329 e. The Balaban J connectivity index is 1.85. The third-order valence-electron chi connectivity index (χ3n) is 4.46. The van der Waals surface area contributed by atoms with Crippen LogP contribution in [0.4, 0.5) is 5.95 Å². The molecule has 11 nitrogen and oxygen atoms in total. The molecule has 0 bridgehead atoms. The lowest BCUT2D eigenvalue weighted by molar-refractivity contribution is 0.0937. The second kappa shape index (κ2) is 9.01. The van der Waals surface area contributed by atoms with Crippen LogP contribution in [0, 0.1) is 0 Å². The van der Waals surface area contributed by atoms with Crippen LogP contribution in [-0.4, -0.2) is 61.8 Å². The number of aliphatic hydroxyl groups excluding tert-OH is 2. The Morgan fingerprint density at radius 1 is 1.20 bits per heavy atom. The number of aromatic nitrogens is 4. The standard InChI is InChI=1S/C19H25N5O6/c1-11(25)8-20-18-21-16-15(17(27)22-19(28)23(16)2)24(18)9-12(26)10-30-14-6-4-13(29-3)5-7-14/h4-7,11-12,25-26H,8-10H2,1-3H3,(H,20,21)(H,22,27,28)/t11-,12+/m0/s1. The number of anilines is 1. The van der Waals surface area contributed by atoms with Gasteiger partial charge < -0.3 is 29.6 Å². The Morgan fingerprint density at radius 2 is 1.87 bits per heavy atom. The number of rotatable bonds is 9. The van der Waals surface area contributed by atoms with Gasteiger partial charge in [0.2, 0.25) is 5.95 Å². The van der Waals surface area contributed by atoms with Gasteiger partial charge in [-0.2, -0.15) is 4.98 Å². The van der Waals surface area contributed by atoms with Gasteiger partial charge in [0.15, 0.2) is 11.2 Å². The summed E-state index contributed by atoms with van der Waals surface area (Å²) in [6.45, 7) is 1.72. The second-order valence-corrected chi connectivity index (χ2v) is 6.91. The molecule has 4 N–H and O–H groups in total. The number of aliphatic hydroxyl groups is 2. The van der Waals surface area contributed by atoms with Gasteiger partial charge in [0.05, 0.1) is 19.8 Å². The van der Waals surface area contributed by atoms with Crippen LogP contribution in [0.3, 0.4) is 0 Å². The lowest BCUT2D eigenvalue weighted by Crippen LogP contribution is -2.31. The predicted octanol–water partition coefficient (Wildman–Crippen LogP) is -0.335. The lowest BCUT2D eigenvalue weighted by Gasteiger charge is -2.16. The first-order valence-corrected chi connectivity index (χ1v) is 9.36. The fourth-order valence-corrected chi connectivity index (χ4v) is 2.91. The van der Waals surface area contributed by atoms with Gasteiger partial charge in [-0.15, -0.1) is 0 Å². The van der Waals surface area contributed by atoms with Crippen LogP contribution in [0.2, 0.25) is 0 Å². The second-order valence-electron chi connectivity index (χ2n) is 6.91. The Hall–Kier alpha value is -3.31. The molecule has 2 atom stereocenters. The number of nitrogens with one attached hydrogen (secondary N) is 2. The average molecular weight is 419 g/mol. The molecule has 0 aliphatic rings. The van der Waals surface area contributed by atoms with E-state index < -0.39 is 23.5 Å². The van der Waals surface area contributed by atoms with E-state index in [1.165, 1.54) is 16.2 Å². The SMILES string of the molecule is COc1ccc(OC[C@H](O)Cn2c(NC[C@H](C)O)nc3c2c(=O)[nH]c(=O)n3C)cc1. The number of hydrogen-bond donors (Lipinski definition) is 4. The van der Waals surface area contributed by atoms with Gasteiger partial charge in [-0.3, -0.25) is 14.3 Å². The molecule has 0 saturated heterocycles. The van der Waals surface area contributed by atoms with Crippen LogP contribution in [0.5, 0.6) is 11.5 Å². The zero-order chi connectivity index (χ0) is 21.8. The van der Waals surface area contributed by atoms with Crippen molar-refractivity contribution >= 4 is 17.1 Å². The third-order valence-corrected chi connectivity index (χ3v) is 4.46. The number of imidazole rings is 1. The van der Waals surface area contributed by atoms with Crippen molar-refractivity contribution in [2.45, 2.75) is 25.7 Å². The molecule has 0 aliphatic carbocycles. The predicted molar refractivity (Wildman–Crippen MR) is 110 cm³/mol. The summed E-state index contributed by atoms with van der Waals surface area (Å²) in [5.74, 6) is 1.49. The minimum atomic E-state index is -0.978. The van der Waals surface area contributed by atoms with E-state index in [-0.39, 0.29) is 36.8 Å². The first-order chi connectivity index (χ1) is 14.3. The minimum Gasteiger partial charge on any atom is -0.497 e. The van der Waals surface area contributed by atoms with Crippen molar-refractivity contribution in [2.75, 3.05) is 25.6 Å². The zero-order valence-electron chi connectivity index (χ0n) is 17.0. The molecule has 2 aromatic heterocycles. The van der Waals surface area contributed by atoms with Crippen molar-refractivity contribution < 1.29 is 19.7 Å². The number of benzene rings is 1. The number of aryl methyl sites for hydroxylation is 1. The van der Waals surface area contributed by atoms with Crippen LogP contribution >= 0.6 is 0 Å². The summed E-state index contributed by atoms with van der Waals surface area (Å²) in [4.78, 5) is 30.8. The van der Waals surface area contributed by atoms with Gasteiger partial charge >= 0.3 is 5.69 Å². The molecule has 162 valence electrons. The molecule has 0 saturated carbocycles. The fourth-order valence-electron chi connectivity index (χ4n) is 2.91. The first-order valence-electron chi connectivity index (χ1n) is 9.36. The molecule has 2 heterocycles. The molecule has 0 unspecified atom stereocenters. The van der Waals surface area contributed by atoms with E-state index in [1.54, 1.807) is 38.3 Å². The normalized spacial score (nSPS) is 13.2. The summed E-state index contributed by atoms with van der Waals surface area (Å²) >= 11 is 0. The van der Waals surface area contributed by atoms with Gasteiger partial charge in [0.1, 0.15) is 24.2 Å². The highest BCUT2D eigenvalue weighted by Crippen LogP contribution is 2.19. The Morgan fingerprint density at radius 3 is 2.50 bits per heavy atom. The third kappa shape index (κ3) is 4.63. The van der Waals surface area contributed by atoms with Gasteiger partial charge in [0.25, 0.3) is 5.56 Å². The summed E-state index contributed by atoms with van der Waals surface area (Å²) < 4.78 is 13.4. The average Bonchev–Trinajstić information content (AvgIpc) is 3.08. The van der Waals surface area contributed by atoms with E-state index in [9.17, 15) is 19.8 Å². The van der Waals surface area contributed by atoms with E-state index in [4.69, 9.17) is 9.47 Å². The van der Waals surface area contributed by atoms with E-state index >= 15 is 0 Å². The highest BCUT2D eigenvalue weighted by atomic mass is 16.5. The Kier molecular flexibility index (Phi) is 6.43. The van der Waals surface area contributed by atoms with Crippen LogP contribution in [0.1, 0.15) is 6.92 Å². The summed E-state index contributed by atoms with van der Waals surface area (Å²) in [5.41, 5.74) is -0.912. The maximum Gasteiger partial charge on any atom is 0.329 e. The van der Waals surface area contributed by atoms with Crippen LogP contribution < -0.4 is 26.0 Å². The van der Waals surface area contributed by atoms with Gasteiger partial charge in [-0.1, -0.05) is 0 Å².